The zero-order valence-corrected chi connectivity index (χ0v) is 6.14. The van der Waals surface area contributed by atoms with E-state index in [0.29, 0.717) is 0 Å². The second-order valence-corrected chi connectivity index (χ2v) is 2.75. The van der Waals surface area contributed by atoms with Crippen molar-refractivity contribution < 1.29 is 0 Å². The van der Waals surface area contributed by atoms with Crippen LogP contribution in [0.15, 0.2) is 12.7 Å². The topological polar surface area (TPSA) is 3.24 Å². The van der Waals surface area contributed by atoms with Crippen LogP contribution >= 0.6 is 0 Å². The molecule has 1 rings (SSSR count). The monoisotopic (exact) mass is 125 g/mol. The summed E-state index contributed by atoms with van der Waals surface area (Å²) in [7, 11) is 0. The Bertz CT molecular complexity index is 98.7. The summed E-state index contributed by atoms with van der Waals surface area (Å²) in [5.74, 6) is 0. The van der Waals surface area contributed by atoms with Crippen molar-refractivity contribution in [2.75, 3.05) is 13.1 Å². The van der Waals surface area contributed by atoms with Crippen molar-refractivity contribution in [2.45, 2.75) is 25.8 Å². The second kappa shape index (κ2) is 3.02. The van der Waals surface area contributed by atoms with Crippen LogP contribution in [0.2, 0.25) is 0 Å². The van der Waals surface area contributed by atoms with Gasteiger partial charge in [-0.2, -0.15) is 0 Å². The Labute approximate surface area is 57.4 Å². The van der Waals surface area contributed by atoms with Gasteiger partial charge in [0.2, 0.25) is 0 Å². The zero-order valence-electron chi connectivity index (χ0n) is 6.14. The molecule has 1 aliphatic rings. The number of rotatable bonds is 3. The molecule has 1 heterocycles. The van der Waals surface area contributed by atoms with Crippen LogP contribution in [0.5, 0.6) is 0 Å². The lowest BCUT2D eigenvalue weighted by molar-refractivity contribution is 0.107. The van der Waals surface area contributed by atoms with Crippen molar-refractivity contribution in [2.24, 2.45) is 0 Å². The fourth-order valence-electron chi connectivity index (χ4n) is 1.16. The van der Waals surface area contributed by atoms with Crippen LogP contribution in [0.1, 0.15) is 19.8 Å². The molecule has 0 aromatic carbocycles. The molecule has 0 aromatic rings. The summed E-state index contributed by atoms with van der Waals surface area (Å²) in [6, 6.07) is 0.838. The van der Waals surface area contributed by atoms with E-state index in [1.165, 1.54) is 19.5 Å². The lowest BCUT2D eigenvalue weighted by Gasteiger charge is -2.38. The molecule has 0 N–H and O–H groups in total. The molecular weight excluding hydrogens is 110 g/mol. The molecule has 1 nitrogen and oxygen atoms in total. The van der Waals surface area contributed by atoms with E-state index in [1.807, 2.05) is 6.08 Å². The summed E-state index contributed by atoms with van der Waals surface area (Å²) in [5.41, 5.74) is 0. The van der Waals surface area contributed by atoms with E-state index in [1.54, 1.807) is 0 Å². The fourth-order valence-corrected chi connectivity index (χ4v) is 1.16. The highest BCUT2D eigenvalue weighted by Crippen LogP contribution is 2.15. The van der Waals surface area contributed by atoms with Gasteiger partial charge in [-0.05, 0) is 26.3 Å². The Morgan fingerprint density at radius 3 is 2.89 bits per heavy atom. The number of hydrogen-bond donors (Lipinski definition) is 0. The molecule has 1 aliphatic heterocycles. The summed E-state index contributed by atoms with van der Waals surface area (Å²) in [6.45, 7) is 8.49. The molecule has 0 aromatic heterocycles. The summed E-state index contributed by atoms with van der Waals surface area (Å²) >= 11 is 0. The molecule has 0 radical (unpaired) electrons. The maximum Gasteiger partial charge on any atom is 0.00792 e. The van der Waals surface area contributed by atoms with Gasteiger partial charge in [-0.1, -0.05) is 6.08 Å². The minimum atomic E-state index is 0.838. The van der Waals surface area contributed by atoms with Crippen molar-refractivity contribution in [3.63, 3.8) is 0 Å². The van der Waals surface area contributed by atoms with E-state index in [9.17, 15) is 0 Å². The number of nitrogens with zero attached hydrogens (tertiary/aromatic N) is 1. The van der Waals surface area contributed by atoms with E-state index < -0.39 is 0 Å². The first-order chi connectivity index (χ1) is 4.34. The molecule has 0 amide bonds. The van der Waals surface area contributed by atoms with E-state index in [0.717, 1.165) is 12.5 Å². The van der Waals surface area contributed by atoms with Crippen LogP contribution in [0.4, 0.5) is 0 Å². The van der Waals surface area contributed by atoms with Crippen LogP contribution < -0.4 is 0 Å². The fraction of sp³-hybridized carbons (Fsp3) is 0.750. The van der Waals surface area contributed by atoms with E-state index >= 15 is 0 Å². The minimum Gasteiger partial charge on any atom is -0.300 e. The Morgan fingerprint density at radius 1 is 1.78 bits per heavy atom. The number of likely N-dealkylation sites (tertiary alicyclic amines) is 1. The predicted molar refractivity (Wildman–Crippen MR) is 40.5 cm³/mol. The molecule has 52 valence electrons. The van der Waals surface area contributed by atoms with Crippen LogP contribution in [-0.4, -0.2) is 24.0 Å². The van der Waals surface area contributed by atoms with Crippen molar-refractivity contribution in [3.8, 4) is 0 Å². The van der Waals surface area contributed by atoms with Gasteiger partial charge in [0.15, 0.2) is 0 Å². The predicted octanol–water partition coefficient (Wildman–Crippen LogP) is 1.66. The largest absolute Gasteiger partial charge is 0.300 e. The zero-order chi connectivity index (χ0) is 6.69. The average molecular weight is 125 g/mol. The molecular formula is C8H15N. The highest BCUT2D eigenvalue weighted by Gasteiger charge is 2.21. The van der Waals surface area contributed by atoms with Gasteiger partial charge in [0.1, 0.15) is 0 Å². The average Bonchev–Trinajstić information content (AvgIpc) is 1.86. The summed E-state index contributed by atoms with van der Waals surface area (Å²) in [4.78, 5) is 2.49. The van der Waals surface area contributed by atoms with Gasteiger partial charge in [0.05, 0.1) is 0 Å². The maximum absolute atomic E-state index is 3.69. The van der Waals surface area contributed by atoms with Gasteiger partial charge < -0.3 is 4.90 Å². The Morgan fingerprint density at radius 2 is 2.56 bits per heavy atom. The van der Waals surface area contributed by atoms with Crippen molar-refractivity contribution in [3.05, 3.63) is 12.7 Å². The Hall–Kier alpha value is -0.300. The van der Waals surface area contributed by atoms with Gasteiger partial charge >= 0.3 is 0 Å². The Balaban J connectivity index is 2.06. The van der Waals surface area contributed by atoms with Gasteiger partial charge in [0.25, 0.3) is 0 Å². The summed E-state index contributed by atoms with van der Waals surface area (Å²) in [6.07, 6.45) is 4.52. The van der Waals surface area contributed by atoms with Gasteiger partial charge in [-0.15, -0.1) is 6.58 Å². The summed E-state index contributed by atoms with van der Waals surface area (Å²) in [5, 5.41) is 0. The molecule has 0 bridgehead atoms. The highest BCUT2D eigenvalue weighted by molar-refractivity contribution is 4.80. The standard InChI is InChI=1S/C8H15N/c1-3-4-6-9-7-5-8(9)2/h3,8H,1,4-7H2,2H3. The van der Waals surface area contributed by atoms with E-state index in [-0.39, 0.29) is 0 Å². The SMILES string of the molecule is C=CCCN1CCC1C. The quantitative estimate of drug-likeness (QED) is 0.518. The second-order valence-electron chi connectivity index (χ2n) is 2.75. The van der Waals surface area contributed by atoms with Crippen LogP contribution in [-0.2, 0) is 0 Å². The van der Waals surface area contributed by atoms with Crippen molar-refractivity contribution >= 4 is 0 Å². The minimum absolute atomic E-state index is 0.838. The molecule has 1 saturated heterocycles. The lowest BCUT2D eigenvalue weighted by Crippen LogP contribution is -2.45. The van der Waals surface area contributed by atoms with Crippen LogP contribution in [0, 0.1) is 0 Å². The smallest absolute Gasteiger partial charge is 0.00792 e. The number of hydrogen-bond acceptors (Lipinski definition) is 1. The van der Waals surface area contributed by atoms with Crippen molar-refractivity contribution in [1.29, 1.82) is 0 Å². The first-order valence-corrected chi connectivity index (χ1v) is 3.69. The molecule has 0 spiro atoms. The van der Waals surface area contributed by atoms with E-state index in [4.69, 9.17) is 0 Å². The van der Waals surface area contributed by atoms with Crippen LogP contribution in [0.3, 0.4) is 0 Å². The molecule has 1 heteroatoms. The highest BCUT2D eigenvalue weighted by atomic mass is 15.2. The normalized spacial score (nSPS) is 27.4. The van der Waals surface area contributed by atoms with E-state index in [2.05, 4.69) is 18.4 Å². The van der Waals surface area contributed by atoms with Gasteiger partial charge in [0, 0.05) is 12.6 Å². The molecule has 0 saturated carbocycles. The van der Waals surface area contributed by atoms with Gasteiger partial charge in [-0.25, -0.2) is 0 Å². The summed E-state index contributed by atoms with van der Waals surface area (Å²) < 4.78 is 0. The third-order valence-electron chi connectivity index (χ3n) is 2.08. The molecule has 1 atom stereocenters. The third-order valence-corrected chi connectivity index (χ3v) is 2.08. The molecule has 1 unspecified atom stereocenters. The molecule has 0 aliphatic carbocycles. The lowest BCUT2D eigenvalue weighted by atomic mass is 10.1. The maximum atomic E-state index is 3.69. The Kier molecular flexibility index (Phi) is 2.29. The third kappa shape index (κ3) is 1.55. The van der Waals surface area contributed by atoms with Crippen LogP contribution in [0.25, 0.3) is 0 Å². The first-order valence-electron chi connectivity index (χ1n) is 3.69. The first kappa shape index (κ1) is 6.81. The van der Waals surface area contributed by atoms with Gasteiger partial charge in [-0.3, -0.25) is 0 Å². The van der Waals surface area contributed by atoms with Crippen molar-refractivity contribution in [1.82, 2.24) is 4.90 Å². The molecule has 1 fully saturated rings. The molecule has 9 heavy (non-hydrogen) atoms.